The summed E-state index contributed by atoms with van der Waals surface area (Å²) >= 11 is 6.47. The van der Waals surface area contributed by atoms with E-state index in [1.807, 2.05) is 25.1 Å². The first-order valence-electron chi connectivity index (χ1n) is 18.2. The van der Waals surface area contributed by atoms with Crippen LogP contribution in [0, 0.1) is 17.8 Å². The van der Waals surface area contributed by atoms with Crippen LogP contribution < -0.4 is 19.1 Å². The predicted molar refractivity (Wildman–Crippen MR) is 205 cm³/mol. The van der Waals surface area contributed by atoms with Gasteiger partial charge in [-0.1, -0.05) is 36.7 Å². The number of anilines is 2. The molecule has 4 aromatic rings. The summed E-state index contributed by atoms with van der Waals surface area (Å²) in [5.74, 6) is 1.07. The van der Waals surface area contributed by atoms with Crippen molar-refractivity contribution in [3.63, 3.8) is 0 Å². The number of nitrogens with zero attached hydrogens (tertiary/aromatic N) is 6. The number of hydrogen-bond acceptors (Lipinski definition) is 10. The molecule has 8 rings (SSSR count). The molecule has 278 valence electrons. The molecule has 1 spiro atoms. The average molecular weight is 758 g/mol. The Bertz CT molecular complexity index is 2210. The third-order valence-electron chi connectivity index (χ3n) is 11.3. The molecule has 14 heteroatoms. The first-order chi connectivity index (χ1) is 25.7. The number of amides is 1. The summed E-state index contributed by atoms with van der Waals surface area (Å²) in [7, 11) is -0.182. The highest BCUT2D eigenvalue weighted by Crippen LogP contribution is 2.47. The van der Waals surface area contributed by atoms with Gasteiger partial charge >= 0.3 is 6.01 Å². The van der Waals surface area contributed by atoms with E-state index in [-0.39, 0.29) is 35.0 Å². The van der Waals surface area contributed by atoms with Gasteiger partial charge in [-0.25, -0.2) is 19.2 Å². The molecule has 2 aliphatic carbocycles. The van der Waals surface area contributed by atoms with Crippen molar-refractivity contribution < 1.29 is 23.2 Å². The highest BCUT2D eigenvalue weighted by Gasteiger charge is 2.44. The summed E-state index contributed by atoms with van der Waals surface area (Å²) in [6, 6.07) is 11.8. The fraction of sp³-hybridized carbons (Fsp3) is 0.462. The zero-order valence-corrected chi connectivity index (χ0v) is 31.7. The lowest BCUT2D eigenvalue weighted by Gasteiger charge is -2.46. The molecule has 1 unspecified atom stereocenters. The highest BCUT2D eigenvalue weighted by molar-refractivity contribution is 7.95. The van der Waals surface area contributed by atoms with Gasteiger partial charge < -0.3 is 19.1 Å². The van der Waals surface area contributed by atoms with E-state index in [9.17, 15) is 9.00 Å². The first kappa shape index (κ1) is 35.7. The van der Waals surface area contributed by atoms with E-state index in [4.69, 9.17) is 25.8 Å². The Morgan fingerprint density at radius 1 is 1.11 bits per heavy atom. The molecular weight excluding hydrogens is 714 g/mol. The maximum Gasteiger partial charge on any atom is 0.318 e. The molecule has 4 aliphatic rings. The molecular formula is C39H44ClN7O5S. The summed E-state index contributed by atoms with van der Waals surface area (Å²) in [5, 5.41) is 1.17. The second-order valence-corrected chi connectivity index (χ2v) is 17.3. The van der Waals surface area contributed by atoms with Crippen LogP contribution in [0.15, 0.2) is 65.4 Å². The lowest BCUT2D eigenvalue weighted by Crippen LogP contribution is -2.49. The van der Waals surface area contributed by atoms with Crippen LogP contribution in [-0.4, -0.2) is 75.8 Å². The van der Waals surface area contributed by atoms with Gasteiger partial charge in [0.05, 0.1) is 36.6 Å². The Labute approximate surface area is 315 Å². The van der Waals surface area contributed by atoms with Crippen LogP contribution in [0.1, 0.15) is 60.5 Å². The van der Waals surface area contributed by atoms with E-state index < -0.39 is 15.8 Å². The minimum Gasteiger partial charge on any atom is -0.490 e. The fourth-order valence-electron chi connectivity index (χ4n) is 8.53. The van der Waals surface area contributed by atoms with E-state index in [1.54, 1.807) is 13.2 Å². The van der Waals surface area contributed by atoms with Crippen molar-refractivity contribution in [3.05, 3.63) is 82.8 Å². The largest absolute Gasteiger partial charge is 0.490 e. The number of fused-ring (bicyclic) bond motifs is 5. The van der Waals surface area contributed by atoms with Crippen molar-refractivity contribution in [2.75, 3.05) is 49.3 Å². The smallest absolute Gasteiger partial charge is 0.318 e. The number of carbonyl (C=O) groups excluding carboxylic acids is 1. The fourth-order valence-corrected chi connectivity index (χ4v) is 10.7. The molecule has 1 saturated carbocycles. The molecule has 0 saturated heterocycles. The second-order valence-electron chi connectivity index (χ2n) is 14.9. The summed E-state index contributed by atoms with van der Waals surface area (Å²) in [6.45, 7) is 4.03. The number of allylic oxidation sites excluding steroid dienone is 1. The van der Waals surface area contributed by atoms with Gasteiger partial charge in [-0.2, -0.15) is 4.98 Å². The number of halogens is 1. The molecule has 2 aromatic carbocycles. The molecule has 2 aliphatic heterocycles. The molecule has 1 amide bonds. The minimum absolute atomic E-state index is 0.0486. The van der Waals surface area contributed by atoms with Gasteiger partial charge in [0.15, 0.2) is 11.5 Å². The maximum atomic E-state index is 14.9. The van der Waals surface area contributed by atoms with Crippen molar-refractivity contribution in [2.45, 2.75) is 57.0 Å². The van der Waals surface area contributed by atoms with Gasteiger partial charge in [0.25, 0.3) is 5.91 Å². The maximum absolute atomic E-state index is 14.9. The number of ether oxygens (including phenoxy) is 3. The molecule has 0 radical (unpaired) electrons. The molecule has 1 N–H and O–H groups in total. The van der Waals surface area contributed by atoms with E-state index >= 15 is 0 Å². The lowest BCUT2D eigenvalue weighted by atomic mass is 9.68. The Balaban J connectivity index is 1.22. The summed E-state index contributed by atoms with van der Waals surface area (Å²) < 4.78 is 40.3. The number of carbonyl (C=O) groups is 1. The van der Waals surface area contributed by atoms with Crippen LogP contribution >= 0.6 is 11.6 Å². The van der Waals surface area contributed by atoms with Gasteiger partial charge in [-0.15, -0.1) is 4.36 Å². The van der Waals surface area contributed by atoms with Crippen LogP contribution in [0.3, 0.4) is 0 Å². The van der Waals surface area contributed by atoms with Crippen LogP contribution in [0.4, 0.5) is 11.5 Å². The summed E-state index contributed by atoms with van der Waals surface area (Å²) in [6.07, 6.45) is 12.8. The molecule has 6 atom stereocenters. The zero-order chi connectivity index (χ0) is 36.7. The zero-order valence-electron chi connectivity index (χ0n) is 30.2. The van der Waals surface area contributed by atoms with Crippen molar-refractivity contribution in [3.8, 4) is 11.8 Å². The molecule has 2 aromatic heterocycles. The summed E-state index contributed by atoms with van der Waals surface area (Å²) in [4.78, 5) is 33.7. The highest BCUT2D eigenvalue weighted by atomic mass is 35.5. The number of aromatic nitrogens is 4. The van der Waals surface area contributed by atoms with E-state index in [0.717, 1.165) is 61.7 Å². The Kier molecular flexibility index (Phi) is 9.75. The molecule has 4 heterocycles. The third kappa shape index (κ3) is 7.06. The number of aryl methyl sites for hydroxylation is 1. The SMILES string of the molecule is COc1ncc2c(NS3(=O)=NC(=O)c4ccc5c(c4)N(C[C@@H]4CC[C@H]4[C@@H](OC)/C=C\C[C@H](C)C3)C[C@@]3(CCCc4cc(Cl)ccc43)CO5)ncnc2n1. The van der Waals surface area contributed by atoms with Crippen LogP contribution in [-0.2, 0) is 26.5 Å². The number of benzene rings is 2. The number of methoxy groups -OCH3 is 2. The quantitative estimate of drug-likeness (QED) is 0.220. The Morgan fingerprint density at radius 3 is 2.81 bits per heavy atom. The first-order valence-corrected chi connectivity index (χ1v) is 20.3. The number of rotatable bonds is 4. The average Bonchev–Trinajstić information content (AvgIpc) is 3.28. The van der Waals surface area contributed by atoms with Crippen molar-refractivity contribution in [1.29, 1.82) is 0 Å². The topological polar surface area (TPSA) is 141 Å². The number of nitrogens with one attached hydrogen (secondary N) is 1. The van der Waals surface area contributed by atoms with Crippen molar-refractivity contribution in [2.24, 2.45) is 22.1 Å². The summed E-state index contributed by atoms with van der Waals surface area (Å²) in [5.41, 5.74) is 3.77. The Hall–Kier alpha value is -4.33. The molecule has 53 heavy (non-hydrogen) atoms. The van der Waals surface area contributed by atoms with Gasteiger partial charge in [0, 0.05) is 42.4 Å². The number of hydrogen-bond donors (Lipinski definition) is 1. The predicted octanol–water partition coefficient (Wildman–Crippen LogP) is 6.83. The molecule has 2 bridgehead atoms. The van der Waals surface area contributed by atoms with Crippen molar-refractivity contribution in [1.82, 2.24) is 19.9 Å². The van der Waals surface area contributed by atoms with E-state index in [0.29, 0.717) is 41.5 Å². The van der Waals surface area contributed by atoms with Gasteiger partial charge in [-0.05, 0) is 97.7 Å². The van der Waals surface area contributed by atoms with Crippen LogP contribution in [0.25, 0.3) is 11.0 Å². The second kappa shape index (κ2) is 14.5. The van der Waals surface area contributed by atoms with Gasteiger partial charge in [-0.3, -0.25) is 9.52 Å². The monoisotopic (exact) mass is 757 g/mol. The molecule has 1 fully saturated rings. The van der Waals surface area contributed by atoms with Crippen LogP contribution in [0.5, 0.6) is 11.8 Å². The third-order valence-corrected chi connectivity index (χ3v) is 13.6. The standard InChI is InChI=1S/C39H44ClN7O5S/c1-24-6-4-8-33(50-2)29-12-9-27(29)19-47-21-39(15-5-7-25-16-28(40)11-13-31(25)39)22-52-34-14-10-26(17-32(34)47)37(48)46-53(49,20-24)45-36-30-18-41-38(51-3)44-35(30)42-23-43-36/h4,8,10-11,13-14,16-18,23-24,27,29,33H,5-7,9,12,15,19-22H2,1-3H3,(H,41,42,43,44,45,46,48,49)/b8-4-/t24-,27-,29+,33-,39-,53?/m0/s1. The van der Waals surface area contributed by atoms with Crippen LogP contribution in [0.2, 0.25) is 5.02 Å². The van der Waals surface area contributed by atoms with Crippen molar-refractivity contribution >= 4 is 50.0 Å². The lowest BCUT2D eigenvalue weighted by molar-refractivity contribution is 0.0131. The van der Waals surface area contributed by atoms with Gasteiger partial charge in [0.2, 0.25) is 0 Å². The normalized spacial score (nSPS) is 29.1. The van der Waals surface area contributed by atoms with E-state index in [1.165, 1.54) is 30.8 Å². The van der Waals surface area contributed by atoms with E-state index in [2.05, 4.69) is 58.2 Å². The molecule has 12 nitrogen and oxygen atoms in total. The Morgan fingerprint density at radius 2 is 2.00 bits per heavy atom. The minimum atomic E-state index is -3.43. The van der Waals surface area contributed by atoms with Gasteiger partial charge in [0.1, 0.15) is 22.0 Å².